The minimum absolute atomic E-state index is 0.640. The molecule has 18 heavy (non-hydrogen) atoms. The van der Waals surface area contributed by atoms with Gasteiger partial charge < -0.3 is 4.74 Å². The molecule has 2 aromatic rings. The molecule has 0 saturated carbocycles. The van der Waals surface area contributed by atoms with Crippen LogP contribution in [-0.2, 0) is 13.0 Å². The SMILES string of the molecule is COc1cc(-c2cc3n(n2)CCCC3)c(C)cn1. The lowest BCUT2D eigenvalue weighted by Gasteiger charge is -2.11. The minimum Gasteiger partial charge on any atom is -0.481 e. The number of fused-ring (bicyclic) bond motifs is 1. The number of methoxy groups -OCH3 is 1. The second-order valence-electron chi connectivity index (χ2n) is 4.74. The second-order valence-corrected chi connectivity index (χ2v) is 4.74. The van der Waals surface area contributed by atoms with E-state index in [9.17, 15) is 0 Å². The van der Waals surface area contributed by atoms with Gasteiger partial charge >= 0.3 is 0 Å². The summed E-state index contributed by atoms with van der Waals surface area (Å²) >= 11 is 0. The van der Waals surface area contributed by atoms with E-state index in [-0.39, 0.29) is 0 Å². The fourth-order valence-electron chi connectivity index (χ4n) is 2.44. The molecule has 3 rings (SSSR count). The van der Waals surface area contributed by atoms with Gasteiger partial charge in [-0.1, -0.05) is 0 Å². The van der Waals surface area contributed by atoms with Crippen LogP contribution in [0.3, 0.4) is 0 Å². The maximum absolute atomic E-state index is 5.19. The summed E-state index contributed by atoms with van der Waals surface area (Å²) in [7, 11) is 1.64. The Balaban J connectivity index is 2.06. The molecule has 3 heterocycles. The van der Waals surface area contributed by atoms with Crippen molar-refractivity contribution in [1.29, 1.82) is 0 Å². The molecule has 0 spiro atoms. The molecule has 1 aliphatic heterocycles. The van der Waals surface area contributed by atoms with E-state index in [1.165, 1.54) is 18.5 Å². The van der Waals surface area contributed by atoms with E-state index in [2.05, 4.69) is 22.7 Å². The fourth-order valence-corrected chi connectivity index (χ4v) is 2.44. The molecule has 4 heteroatoms. The smallest absolute Gasteiger partial charge is 0.213 e. The van der Waals surface area contributed by atoms with Gasteiger partial charge in [0.15, 0.2) is 0 Å². The average Bonchev–Trinajstić information content (AvgIpc) is 2.82. The highest BCUT2D eigenvalue weighted by molar-refractivity contribution is 5.64. The first-order valence-corrected chi connectivity index (χ1v) is 6.35. The molecular weight excluding hydrogens is 226 g/mol. The molecule has 0 bridgehead atoms. The van der Waals surface area contributed by atoms with Crippen molar-refractivity contribution in [2.24, 2.45) is 0 Å². The molecule has 0 unspecified atom stereocenters. The Labute approximate surface area is 107 Å². The standard InChI is InChI=1S/C14H17N3O/c1-10-9-15-14(18-2)8-12(10)13-7-11-5-3-4-6-17(11)16-13/h7-9H,3-6H2,1-2H3. The predicted octanol–water partition coefficient (Wildman–Crippen LogP) is 2.60. The number of aromatic nitrogens is 3. The summed E-state index contributed by atoms with van der Waals surface area (Å²) in [4.78, 5) is 4.21. The van der Waals surface area contributed by atoms with Crippen molar-refractivity contribution in [3.05, 3.63) is 29.6 Å². The van der Waals surface area contributed by atoms with E-state index in [4.69, 9.17) is 9.84 Å². The number of hydrogen-bond donors (Lipinski definition) is 0. The van der Waals surface area contributed by atoms with Gasteiger partial charge in [0.25, 0.3) is 0 Å². The number of nitrogens with zero attached hydrogens (tertiary/aromatic N) is 3. The molecule has 0 aromatic carbocycles. The van der Waals surface area contributed by atoms with E-state index in [1.807, 2.05) is 12.3 Å². The van der Waals surface area contributed by atoms with Gasteiger partial charge in [-0.15, -0.1) is 0 Å². The van der Waals surface area contributed by atoms with E-state index in [0.29, 0.717) is 5.88 Å². The van der Waals surface area contributed by atoms with Gasteiger partial charge in [-0.25, -0.2) is 4.98 Å². The van der Waals surface area contributed by atoms with E-state index < -0.39 is 0 Å². The molecule has 0 fully saturated rings. The van der Waals surface area contributed by atoms with Crippen molar-refractivity contribution < 1.29 is 4.74 Å². The summed E-state index contributed by atoms with van der Waals surface area (Å²) in [5.41, 5.74) is 4.62. The zero-order valence-corrected chi connectivity index (χ0v) is 10.8. The molecule has 0 amide bonds. The number of ether oxygens (including phenoxy) is 1. The first-order valence-electron chi connectivity index (χ1n) is 6.35. The number of hydrogen-bond acceptors (Lipinski definition) is 3. The molecular formula is C14H17N3O. The molecule has 0 atom stereocenters. The first-order chi connectivity index (χ1) is 8.78. The van der Waals surface area contributed by atoms with Crippen molar-refractivity contribution in [2.75, 3.05) is 7.11 Å². The Kier molecular flexibility index (Phi) is 2.78. The van der Waals surface area contributed by atoms with Crippen molar-refractivity contribution in [2.45, 2.75) is 32.7 Å². The third-order valence-electron chi connectivity index (χ3n) is 3.48. The van der Waals surface area contributed by atoms with Gasteiger partial charge in [0, 0.05) is 30.1 Å². The van der Waals surface area contributed by atoms with Crippen LogP contribution in [-0.4, -0.2) is 21.9 Å². The summed E-state index contributed by atoms with van der Waals surface area (Å²) in [5.74, 6) is 0.640. The molecule has 2 aromatic heterocycles. The van der Waals surface area contributed by atoms with Gasteiger partial charge in [0.05, 0.1) is 12.8 Å². The third kappa shape index (κ3) is 1.88. The summed E-state index contributed by atoms with van der Waals surface area (Å²) in [6.07, 6.45) is 5.47. The Morgan fingerprint density at radius 2 is 2.17 bits per heavy atom. The van der Waals surface area contributed by atoms with Crippen molar-refractivity contribution >= 4 is 0 Å². The maximum atomic E-state index is 5.19. The molecule has 0 saturated heterocycles. The topological polar surface area (TPSA) is 39.9 Å². The molecule has 1 aliphatic rings. The van der Waals surface area contributed by atoms with Crippen LogP contribution in [0.15, 0.2) is 18.3 Å². The van der Waals surface area contributed by atoms with Crippen molar-refractivity contribution in [3.63, 3.8) is 0 Å². The number of rotatable bonds is 2. The Morgan fingerprint density at radius 1 is 1.28 bits per heavy atom. The second kappa shape index (κ2) is 4.44. The lowest BCUT2D eigenvalue weighted by molar-refractivity contribution is 0.398. The van der Waals surface area contributed by atoms with Gasteiger partial charge in [-0.2, -0.15) is 5.10 Å². The zero-order chi connectivity index (χ0) is 12.5. The normalized spacial score (nSPS) is 14.3. The molecule has 4 nitrogen and oxygen atoms in total. The van der Waals surface area contributed by atoms with Gasteiger partial charge in [-0.3, -0.25) is 4.68 Å². The van der Waals surface area contributed by atoms with Crippen LogP contribution in [0.1, 0.15) is 24.1 Å². The summed E-state index contributed by atoms with van der Waals surface area (Å²) in [6, 6.07) is 4.16. The van der Waals surface area contributed by atoms with Gasteiger partial charge in [-0.05, 0) is 37.8 Å². The highest BCUT2D eigenvalue weighted by Gasteiger charge is 2.15. The number of aryl methyl sites for hydroxylation is 3. The molecule has 94 valence electrons. The van der Waals surface area contributed by atoms with Crippen molar-refractivity contribution in [3.8, 4) is 17.1 Å². The third-order valence-corrected chi connectivity index (χ3v) is 3.48. The zero-order valence-electron chi connectivity index (χ0n) is 10.8. The van der Waals surface area contributed by atoms with Gasteiger partial charge in [0.2, 0.25) is 5.88 Å². The van der Waals surface area contributed by atoms with Crippen LogP contribution >= 0.6 is 0 Å². The average molecular weight is 243 g/mol. The van der Waals surface area contributed by atoms with Crippen LogP contribution in [0, 0.1) is 6.92 Å². The minimum atomic E-state index is 0.640. The van der Waals surface area contributed by atoms with Crippen LogP contribution < -0.4 is 4.74 Å². The van der Waals surface area contributed by atoms with E-state index in [0.717, 1.165) is 29.8 Å². The first kappa shape index (κ1) is 11.3. The highest BCUT2D eigenvalue weighted by Crippen LogP contribution is 2.27. The number of pyridine rings is 1. The van der Waals surface area contributed by atoms with Crippen LogP contribution in [0.5, 0.6) is 5.88 Å². The Hall–Kier alpha value is -1.84. The van der Waals surface area contributed by atoms with Crippen LogP contribution in [0.4, 0.5) is 0 Å². The summed E-state index contributed by atoms with van der Waals surface area (Å²) in [5, 5.41) is 4.69. The van der Waals surface area contributed by atoms with Gasteiger partial charge in [0.1, 0.15) is 0 Å². The van der Waals surface area contributed by atoms with Crippen LogP contribution in [0.25, 0.3) is 11.3 Å². The Morgan fingerprint density at radius 3 is 2.94 bits per heavy atom. The highest BCUT2D eigenvalue weighted by atomic mass is 16.5. The molecule has 0 aliphatic carbocycles. The molecule has 0 radical (unpaired) electrons. The molecule has 0 N–H and O–H groups in total. The lowest BCUT2D eigenvalue weighted by atomic mass is 10.1. The van der Waals surface area contributed by atoms with Crippen LogP contribution in [0.2, 0.25) is 0 Å². The Bertz CT molecular complexity index is 551. The summed E-state index contributed by atoms with van der Waals surface area (Å²) < 4.78 is 7.32. The summed E-state index contributed by atoms with van der Waals surface area (Å²) in [6.45, 7) is 3.09. The largest absolute Gasteiger partial charge is 0.481 e. The monoisotopic (exact) mass is 243 g/mol. The van der Waals surface area contributed by atoms with Crippen molar-refractivity contribution in [1.82, 2.24) is 14.8 Å². The predicted molar refractivity (Wildman–Crippen MR) is 69.7 cm³/mol. The van der Waals surface area contributed by atoms with E-state index in [1.54, 1.807) is 7.11 Å². The fraction of sp³-hybridized carbons (Fsp3) is 0.429. The lowest BCUT2D eigenvalue weighted by Crippen LogP contribution is -2.10. The quantitative estimate of drug-likeness (QED) is 0.814. The van der Waals surface area contributed by atoms with E-state index >= 15 is 0 Å². The maximum Gasteiger partial charge on any atom is 0.213 e.